The topological polar surface area (TPSA) is 81.4 Å². The summed E-state index contributed by atoms with van der Waals surface area (Å²) in [7, 11) is 1.35. The largest absolute Gasteiger partial charge is 0.469 e. The second-order valence-corrected chi connectivity index (χ2v) is 5.11. The van der Waals surface area contributed by atoms with Crippen molar-refractivity contribution in [2.45, 2.75) is 13.3 Å². The van der Waals surface area contributed by atoms with Crippen LogP contribution in [-0.2, 0) is 14.3 Å². The van der Waals surface area contributed by atoms with Crippen LogP contribution in [0.2, 0.25) is 0 Å². The maximum Gasteiger partial charge on any atom is 0.306 e. The molecule has 1 amide bonds. The number of nitrogens with one attached hydrogen (secondary N) is 1. The summed E-state index contributed by atoms with van der Waals surface area (Å²) in [5.41, 5.74) is 7.99. The van der Waals surface area contributed by atoms with Crippen LogP contribution in [0.1, 0.15) is 12.0 Å². The van der Waals surface area contributed by atoms with Gasteiger partial charge in [-0.1, -0.05) is 0 Å². The van der Waals surface area contributed by atoms with Crippen molar-refractivity contribution < 1.29 is 14.3 Å². The molecule has 0 unspecified atom stereocenters. The highest BCUT2D eigenvalue weighted by Gasteiger charge is 2.06. The molecule has 104 valence electrons. The number of aryl methyl sites for hydroxylation is 1. The van der Waals surface area contributed by atoms with Crippen LogP contribution in [0, 0.1) is 6.92 Å². The Balaban J connectivity index is 2.33. The maximum atomic E-state index is 11.7. The average Bonchev–Trinajstić information content (AvgIpc) is 2.37. The van der Waals surface area contributed by atoms with Gasteiger partial charge < -0.3 is 15.8 Å². The van der Waals surface area contributed by atoms with Crippen molar-refractivity contribution >= 4 is 35.0 Å². The third kappa shape index (κ3) is 5.65. The van der Waals surface area contributed by atoms with Crippen LogP contribution in [0.15, 0.2) is 18.2 Å². The first-order chi connectivity index (χ1) is 9.02. The minimum atomic E-state index is -0.262. The fourth-order valence-electron chi connectivity index (χ4n) is 1.44. The van der Waals surface area contributed by atoms with E-state index in [2.05, 4.69) is 10.1 Å². The van der Waals surface area contributed by atoms with E-state index in [1.807, 2.05) is 6.92 Å². The lowest BCUT2D eigenvalue weighted by Gasteiger charge is -2.08. The first-order valence-electron chi connectivity index (χ1n) is 5.83. The minimum Gasteiger partial charge on any atom is -0.469 e. The summed E-state index contributed by atoms with van der Waals surface area (Å²) < 4.78 is 4.52. The molecule has 0 atom stereocenters. The zero-order valence-corrected chi connectivity index (χ0v) is 11.9. The monoisotopic (exact) mass is 282 g/mol. The number of nitrogen functional groups attached to an aromatic ring is 1. The van der Waals surface area contributed by atoms with Gasteiger partial charge in [-0.2, -0.15) is 11.8 Å². The fourth-order valence-corrected chi connectivity index (χ4v) is 2.15. The van der Waals surface area contributed by atoms with E-state index in [0.29, 0.717) is 23.6 Å². The number of methoxy groups -OCH3 is 1. The number of carbonyl (C=O) groups is 2. The molecule has 0 aromatic heterocycles. The Hall–Kier alpha value is -1.69. The zero-order valence-electron chi connectivity index (χ0n) is 11.1. The molecular weight excluding hydrogens is 264 g/mol. The number of rotatable bonds is 6. The van der Waals surface area contributed by atoms with Gasteiger partial charge in [0.25, 0.3) is 0 Å². The SMILES string of the molecule is COC(=O)CCSCC(=O)Nc1ccc(N)cc1C. The number of carbonyl (C=O) groups excluding carboxylic acids is 2. The summed E-state index contributed by atoms with van der Waals surface area (Å²) in [5, 5.41) is 2.81. The molecule has 0 bridgehead atoms. The average molecular weight is 282 g/mol. The standard InChI is InChI=1S/C13H18N2O3S/c1-9-7-10(14)3-4-11(9)15-12(16)8-19-6-5-13(17)18-2/h3-4,7H,5-6,8,14H2,1-2H3,(H,15,16). The van der Waals surface area contributed by atoms with Gasteiger partial charge in [0.15, 0.2) is 0 Å². The van der Waals surface area contributed by atoms with Crippen molar-refractivity contribution in [3.8, 4) is 0 Å². The molecule has 0 radical (unpaired) electrons. The van der Waals surface area contributed by atoms with E-state index < -0.39 is 0 Å². The molecule has 1 aromatic carbocycles. The first-order valence-corrected chi connectivity index (χ1v) is 6.99. The number of ether oxygens (including phenoxy) is 1. The van der Waals surface area contributed by atoms with Crippen LogP contribution in [-0.4, -0.2) is 30.5 Å². The molecule has 0 saturated carbocycles. The highest BCUT2D eigenvalue weighted by atomic mass is 32.2. The van der Waals surface area contributed by atoms with E-state index >= 15 is 0 Å². The number of nitrogens with two attached hydrogens (primary N) is 1. The number of benzene rings is 1. The van der Waals surface area contributed by atoms with Gasteiger partial charge in [-0.05, 0) is 30.7 Å². The van der Waals surface area contributed by atoms with Gasteiger partial charge in [0.2, 0.25) is 5.91 Å². The Bertz CT molecular complexity index is 463. The number of anilines is 2. The second kappa shape index (κ2) is 7.68. The van der Waals surface area contributed by atoms with Crippen LogP contribution in [0.4, 0.5) is 11.4 Å². The lowest BCUT2D eigenvalue weighted by atomic mass is 10.2. The molecule has 0 saturated heterocycles. The lowest BCUT2D eigenvalue weighted by Crippen LogP contribution is -2.15. The number of amides is 1. The summed E-state index contributed by atoms with van der Waals surface area (Å²) in [6.45, 7) is 1.89. The Morgan fingerprint density at radius 3 is 2.79 bits per heavy atom. The molecule has 5 nitrogen and oxygen atoms in total. The predicted molar refractivity (Wildman–Crippen MR) is 78.2 cm³/mol. The molecular formula is C13H18N2O3S. The van der Waals surface area contributed by atoms with Gasteiger partial charge in [-0.3, -0.25) is 9.59 Å². The Labute approximate surface area is 116 Å². The molecule has 0 heterocycles. The molecule has 1 rings (SSSR count). The number of thioether (sulfide) groups is 1. The number of hydrogen-bond acceptors (Lipinski definition) is 5. The molecule has 19 heavy (non-hydrogen) atoms. The van der Waals surface area contributed by atoms with Crippen LogP contribution >= 0.6 is 11.8 Å². The summed E-state index contributed by atoms with van der Waals surface area (Å²) in [6.07, 6.45) is 0.315. The van der Waals surface area contributed by atoms with Crippen molar-refractivity contribution in [1.29, 1.82) is 0 Å². The summed E-state index contributed by atoms with van der Waals surface area (Å²) in [5.74, 6) is 0.520. The van der Waals surface area contributed by atoms with E-state index in [0.717, 1.165) is 11.3 Å². The van der Waals surface area contributed by atoms with Crippen molar-refractivity contribution in [2.24, 2.45) is 0 Å². The van der Waals surface area contributed by atoms with Gasteiger partial charge in [-0.25, -0.2) is 0 Å². The van der Waals surface area contributed by atoms with Crippen molar-refractivity contribution in [3.63, 3.8) is 0 Å². The molecule has 0 spiro atoms. The molecule has 0 fully saturated rings. The quantitative estimate of drug-likeness (QED) is 0.472. The molecule has 6 heteroatoms. The Kier molecular flexibility index (Phi) is 6.21. The molecule has 0 aliphatic heterocycles. The van der Waals surface area contributed by atoms with Crippen LogP contribution in [0.25, 0.3) is 0 Å². The van der Waals surface area contributed by atoms with E-state index in [-0.39, 0.29) is 11.9 Å². The maximum absolute atomic E-state index is 11.7. The lowest BCUT2D eigenvalue weighted by molar-refractivity contribution is -0.140. The van der Waals surface area contributed by atoms with Crippen LogP contribution in [0.5, 0.6) is 0 Å². The zero-order chi connectivity index (χ0) is 14.3. The fraction of sp³-hybridized carbons (Fsp3) is 0.385. The molecule has 3 N–H and O–H groups in total. The van der Waals surface area contributed by atoms with E-state index in [4.69, 9.17) is 5.73 Å². The minimum absolute atomic E-state index is 0.0947. The van der Waals surface area contributed by atoms with Crippen molar-refractivity contribution in [2.75, 3.05) is 29.7 Å². The summed E-state index contributed by atoms with van der Waals surface area (Å²) in [4.78, 5) is 22.6. The van der Waals surface area contributed by atoms with Gasteiger partial charge in [0.1, 0.15) is 0 Å². The highest BCUT2D eigenvalue weighted by Crippen LogP contribution is 2.18. The van der Waals surface area contributed by atoms with E-state index in [1.54, 1.807) is 18.2 Å². The number of esters is 1. The highest BCUT2D eigenvalue weighted by molar-refractivity contribution is 7.99. The van der Waals surface area contributed by atoms with E-state index in [9.17, 15) is 9.59 Å². The second-order valence-electron chi connectivity index (χ2n) is 4.00. The predicted octanol–water partition coefficient (Wildman–Crippen LogP) is 1.81. The van der Waals surface area contributed by atoms with Crippen LogP contribution < -0.4 is 11.1 Å². The van der Waals surface area contributed by atoms with E-state index in [1.165, 1.54) is 18.9 Å². The summed E-state index contributed by atoms with van der Waals surface area (Å²) in [6, 6.07) is 5.33. The third-order valence-electron chi connectivity index (χ3n) is 2.44. The molecule has 0 aliphatic rings. The third-order valence-corrected chi connectivity index (χ3v) is 3.40. The Morgan fingerprint density at radius 2 is 2.16 bits per heavy atom. The van der Waals surface area contributed by atoms with Gasteiger partial charge in [0.05, 0.1) is 19.3 Å². The smallest absolute Gasteiger partial charge is 0.306 e. The summed E-state index contributed by atoms with van der Waals surface area (Å²) >= 11 is 1.40. The number of hydrogen-bond donors (Lipinski definition) is 2. The molecule has 1 aromatic rings. The van der Waals surface area contributed by atoms with Gasteiger partial charge >= 0.3 is 5.97 Å². The normalized spacial score (nSPS) is 10.0. The first kappa shape index (κ1) is 15.4. The van der Waals surface area contributed by atoms with Crippen molar-refractivity contribution in [3.05, 3.63) is 23.8 Å². The van der Waals surface area contributed by atoms with Gasteiger partial charge in [0, 0.05) is 17.1 Å². The Morgan fingerprint density at radius 1 is 1.42 bits per heavy atom. The van der Waals surface area contributed by atoms with Crippen LogP contribution in [0.3, 0.4) is 0 Å². The van der Waals surface area contributed by atoms with Gasteiger partial charge in [-0.15, -0.1) is 0 Å². The van der Waals surface area contributed by atoms with Crippen molar-refractivity contribution in [1.82, 2.24) is 0 Å². The molecule has 0 aliphatic carbocycles.